The molecule has 1 aliphatic heterocycles. The summed E-state index contributed by atoms with van der Waals surface area (Å²) in [7, 11) is -4.09. The molecule has 1 aromatic rings. The van der Waals surface area contributed by atoms with Crippen LogP contribution >= 0.6 is 7.82 Å². The maximum Gasteiger partial charge on any atom is 0.472 e. The molecule has 0 amide bonds. The van der Waals surface area contributed by atoms with Crippen molar-refractivity contribution in [1.29, 1.82) is 0 Å². The van der Waals surface area contributed by atoms with Gasteiger partial charge in [-0.05, 0) is 25.7 Å². The van der Waals surface area contributed by atoms with Gasteiger partial charge < -0.3 is 14.4 Å². The van der Waals surface area contributed by atoms with Gasteiger partial charge in [-0.3, -0.25) is 9.05 Å². The number of nitrogens with zero attached hydrogens (tertiary/aromatic N) is 1. The molecule has 1 unspecified atom stereocenters. The Morgan fingerprint density at radius 3 is 2.80 bits per heavy atom. The van der Waals surface area contributed by atoms with Crippen LogP contribution in [-0.4, -0.2) is 43.5 Å². The summed E-state index contributed by atoms with van der Waals surface area (Å²) >= 11 is 0. The highest BCUT2D eigenvalue weighted by atomic mass is 31.2. The maximum atomic E-state index is 12.4. The number of pyridine rings is 1. The molecule has 7 nitrogen and oxygen atoms in total. The molecule has 0 bridgehead atoms. The van der Waals surface area contributed by atoms with Crippen LogP contribution in [0.2, 0.25) is 0 Å². The van der Waals surface area contributed by atoms with Crippen molar-refractivity contribution >= 4 is 7.82 Å². The van der Waals surface area contributed by atoms with Gasteiger partial charge in [0.05, 0.1) is 25.4 Å². The lowest BCUT2D eigenvalue weighted by molar-refractivity contribution is -0.697. The highest BCUT2D eigenvalue weighted by molar-refractivity contribution is 7.47. The van der Waals surface area contributed by atoms with E-state index in [0.717, 1.165) is 38.7 Å². The van der Waals surface area contributed by atoms with E-state index < -0.39 is 7.82 Å². The molecule has 2 heterocycles. The molecule has 1 saturated heterocycles. The van der Waals surface area contributed by atoms with E-state index in [1.165, 1.54) is 19.3 Å². The molecule has 1 aliphatic carbocycles. The van der Waals surface area contributed by atoms with Crippen LogP contribution in [0.1, 0.15) is 58.3 Å². The van der Waals surface area contributed by atoms with Crippen molar-refractivity contribution < 1.29 is 32.5 Å². The number of unbranched alkanes of at least 4 members (excludes halogenated alkanes) is 3. The van der Waals surface area contributed by atoms with Gasteiger partial charge in [-0.1, -0.05) is 38.7 Å². The molecule has 8 heteroatoms. The van der Waals surface area contributed by atoms with Crippen LogP contribution < -0.4 is 4.57 Å². The van der Waals surface area contributed by atoms with E-state index >= 15 is 0 Å². The summed E-state index contributed by atoms with van der Waals surface area (Å²) in [4.78, 5) is 10.1. The van der Waals surface area contributed by atoms with Crippen LogP contribution in [0.5, 0.6) is 0 Å². The van der Waals surface area contributed by atoms with Crippen molar-refractivity contribution in [3.8, 4) is 0 Å². The summed E-state index contributed by atoms with van der Waals surface area (Å²) < 4.78 is 36.9. The van der Waals surface area contributed by atoms with Gasteiger partial charge in [0, 0.05) is 24.2 Å². The summed E-state index contributed by atoms with van der Waals surface area (Å²) in [6.07, 6.45) is 12.4. The Labute approximate surface area is 180 Å². The topological polar surface area (TPSA) is 78.1 Å². The van der Waals surface area contributed by atoms with Gasteiger partial charge in [0.2, 0.25) is 0 Å². The zero-order chi connectivity index (χ0) is 21.3. The highest BCUT2D eigenvalue weighted by Gasteiger charge is 2.52. The van der Waals surface area contributed by atoms with Crippen molar-refractivity contribution in [3.05, 3.63) is 30.6 Å². The predicted molar refractivity (Wildman–Crippen MR) is 113 cm³/mol. The fraction of sp³-hybridized carbons (Fsp3) is 0.773. The lowest BCUT2D eigenvalue weighted by atomic mass is 9.82. The summed E-state index contributed by atoms with van der Waals surface area (Å²) in [6.45, 7) is 4.36. The van der Waals surface area contributed by atoms with Crippen LogP contribution in [0.3, 0.4) is 0 Å². The Kier molecular flexibility index (Phi) is 9.30. The molecule has 0 spiro atoms. The zero-order valence-corrected chi connectivity index (χ0v) is 19.0. The molecule has 1 saturated carbocycles. The Hall–Kier alpha value is -0.820. The number of hydrogen-bond donors (Lipinski definition) is 1. The molecule has 170 valence electrons. The molecule has 4 atom stereocenters. The molecule has 0 aromatic carbocycles. The average Bonchev–Trinajstić information content (AvgIpc) is 3.27. The lowest BCUT2D eigenvalue weighted by Crippen LogP contribution is -2.34. The summed E-state index contributed by atoms with van der Waals surface area (Å²) in [5.41, 5.74) is -0.202. The molecule has 2 fully saturated rings. The summed E-state index contributed by atoms with van der Waals surface area (Å²) in [5, 5.41) is 0. The quantitative estimate of drug-likeness (QED) is 0.266. The van der Waals surface area contributed by atoms with Crippen LogP contribution in [0.25, 0.3) is 0 Å². The Morgan fingerprint density at radius 2 is 2.00 bits per heavy atom. The van der Waals surface area contributed by atoms with E-state index in [9.17, 15) is 9.46 Å². The normalized spacial score (nSPS) is 27.8. The minimum absolute atomic E-state index is 0.0403. The van der Waals surface area contributed by atoms with Crippen LogP contribution in [0.4, 0.5) is 0 Å². The maximum absolute atomic E-state index is 12.4. The van der Waals surface area contributed by atoms with Crippen molar-refractivity contribution in [2.45, 2.75) is 77.0 Å². The zero-order valence-electron chi connectivity index (χ0n) is 18.1. The van der Waals surface area contributed by atoms with Crippen molar-refractivity contribution in [2.75, 3.05) is 26.4 Å². The summed E-state index contributed by atoms with van der Waals surface area (Å²) in [5.74, 6) is 0. The predicted octanol–water partition coefficient (Wildman–Crippen LogP) is 4.03. The number of phosphoric acid groups is 1. The first-order valence-electron chi connectivity index (χ1n) is 11.3. The van der Waals surface area contributed by atoms with Gasteiger partial charge in [-0.25, -0.2) is 9.13 Å². The first-order chi connectivity index (χ1) is 14.5. The smallest absolute Gasteiger partial charge is 0.379 e. The fourth-order valence-electron chi connectivity index (χ4n) is 4.55. The van der Waals surface area contributed by atoms with E-state index in [1.807, 2.05) is 35.2 Å². The van der Waals surface area contributed by atoms with Gasteiger partial charge in [-0.2, -0.15) is 0 Å². The fourth-order valence-corrected chi connectivity index (χ4v) is 5.35. The van der Waals surface area contributed by atoms with Gasteiger partial charge in [0.15, 0.2) is 18.9 Å². The lowest BCUT2D eigenvalue weighted by Gasteiger charge is -2.27. The number of rotatable bonds is 14. The average molecular weight is 443 g/mol. The van der Waals surface area contributed by atoms with E-state index in [4.69, 9.17) is 18.5 Å². The minimum atomic E-state index is -4.09. The Bertz CT molecular complexity index is 675. The third-order valence-electron chi connectivity index (χ3n) is 6.16. The van der Waals surface area contributed by atoms with Gasteiger partial charge >= 0.3 is 7.82 Å². The van der Waals surface area contributed by atoms with Crippen molar-refractivity contribution in [2.24, 2.45) is 5.41 Å². The largest absolute Gasteiger partial charge is 0.472 e. The minimum Gasteiger partial charge on any atom is -0.379 e. The second-order valence-electron chi connectivity index (χ2n) is 8.53. The molecular weight excluding hydrogens is 405 g/mol. The third-order valence-corrected chi connectivity index (χ3v) is 7.12. The van der Waals surface area contributed by atoms with Crippen LogP contribution in [-0.2, 0) is 29.6 Å². The standard InChI is InChI=1S/C22H36NO6P/c1-2-3-4-8-15-26-18-20-17-22(11-9-10-21(22)29-20)19-28-30(24,25)27-16-14-23-12-6-5-7-13-23/h5-7,12-13,20-21H,2-4,8-11,14-19H2,1H3/p+1/t20-,21-,22-/m0/s1. The number of phosphoric ester groups is 1. The first-order valence-corrected chi connectivity index (χ1v) is 12.8. The van der Waals surface area contributed by atoms with E-state index in [0.29, 0.717) is 13.2 Å². The van der Waals surface area contributed by atoms with Gasteiger partial charge in [-0.15, -0.1) is 0 Å². The molecule has 0 radical (unpaired) electrons. The van der Waals surface area contributed by atoms with Crippen LogP contribution in [0.15, 0.2) is 30.6 Å². The first kappa shape index (κ1) is 23.8. The number of ether oxygens (including phenoxy) is 2. The highest BCUT2D eigenvalue weighted by Crippen LogP contribution is 2.53. The monoisotopic (exact) mass is 442 g/mol. The SMILES string of the molecule is CCCCCCOC[C@@H]1C[C@]2(COP(=O)(O)OCC[n+]3ccccc3)CCC[C@@H]2O1. The van der Waals surface area contributed by atoms with Crippen molar-refractivity contribution in [3.63, 3.8) is 0 Å². The van der Waals surface area contributed by atoms with E-state index in [-0.39, 0.29) is 30.8 Å². The molecular formula is C22H37NO6P+. The van der Waals surface area contributed by atoms with Crippen LogP contribution in [0, 0.1) is 5.41 Å². The van der Waals surface area contributed by atoms with E-state index in [2.05, 4.69) is 6.92 Å². The summed E-state index contributed by atoms with van der Waals surface area (Å²) in [6, 6.07) is 5.73. The van der Waals surface area contributed by atoms with Gasteiger partial charge in [0.1, 0.15) is 6.61 Å². The molecule has 1 aromatic heterocycles. The third kappa shape index (κ3) is 7.11. The Balaban J connectivity index is 1.40. The molecule has 2 aliphatic rings. The van der Waals surface area contributed by atoms with E-state index in [1.54, 1.807) is 0 Å². The van der Waals surface area contributed by atoms with Gasteiger partial charge in [0.25, 0.3) is 0 Å². The Morgan fingerprint density at radius 1 is 1.17 bits per heavy atom. The van der Waals surface area contributed by atoms with Crippen molar-refractivity contribution in [1.82, 2.24) is 0 Å². The second kappa shape index (κ2) is 11.7. The number of fused-ring (bicyclic) bond motifs is 1. The second-order valence-corrected chi connectivity index (χ2v) is 9.98. The molecule has 1 N–H and O–H groups in total. The number of aromatic nitrogens is 1. The number of hydrogen-bond acceptors (Lipinski definition) is 5. The molecule has 3 rings (SSSR count). The molecule has 30 heavy (non-hydrogen) atoms.